The maximum atomic E-state index is 12.9. The van der Waals surface area contributed by atoms with Crippen molar-refractivity contribution >= 4 is 28.0 Å². The van der Waals surface area contributed by atoms with Crippen LogP contribution in [0.5, 0.6) is 0 Å². The largest absolute Gasteiger partial charge is 0.303 e. The smallest absolute Gasteiger partial charge is 0.183 e. The fourth-order valence-electron chi connectivity index (χ4n) is 4.70. The van der Waals surface area contributed by atoms with Gasteiger partial charge in [0.05, 0.1) is 5.52 Å². The Bertz CT molecular complexity index is 928. The molecule has 3 heterocycles. The van der Waals surface area contributed by atoms with Gasteiger partial charge in [-0.25, -0.2) is 0 Å². The summed E-state index contributed by atoms with van der Waals surface area (Å²) < 4.78 is 0. The second-order valence-corrected chi connectivity index (χ2v) is 8.47. The predicted molar refractivity (Wildman–Crippen MR) is 101 cm³/mol. The number of aromatic nitrogens is 2. The first-order valence-corrected chi connectivity index (χ1v) is 9.82. The molecule has 3 atom stereocenters. The van der Waals surface area contributed by atoms with Gasteiger partial charge in [-0.2, -0.15) is 5.10 Å². The van der Waals surface area contributed by atoms with Gasteiger partial charge in [0, 0.05) is 29.3 Å². The molecule has 0 spiro atoms. The Balaban J connectivity index is 1.39. The van der Waals surface area contributed by atoms with Gasteiger partial charge in [0.15, 0.2) is 5.78 Å². The number of carbonyl (C=O) groups is 1. The van der Waals surface area contributed by atoms with Crippen LogP contribution in [-0.2, 0) is 0 Å². The van der Waals surface area contributed by atoms with Crippen molar-refractivity contribution in [1.29, 1.82) is 0 Å². The van der Waals surface area contributed by atoms with Crippen LogP contribution in [0.15, 0.2) is 35.7 Å². The molecule has 5 rings (SSSR count). The molecule has 1 saturated carbocycles. The van der Waals surface area contributed by atoms with Gasteiger partial charge >= 0.3 is 0 Å². The number of H-pyrrole nitrogens is 1. The number of Topliss-reactive ketones (excluding diaryl/α,β-unsaturated/α-hetero) is 1. The number of ketones is 1. The summed E-state index contributed by atoms with van der Waals surface area (Å²) in [7, 11) is 2.20. The lowest BCUT2D eigenvalue weighted by Gasteiger charge is -2.27. The highest BCUT2D eigenvalue weighted by molar-refractivity contribution is 7.13. The Morgan fingerprint density at radius 2 is 2.28 bits per heavy atom. The van der Waals surface area contributed by atoms with Crippen LogP contribution >= 0.6 is 11.3 Å². The first-order valence-electron chi connectivity index (χ1n) is 8.94. The number of nitrogens with zero attached hydrogens (tertiary/aromatic N) is 2. The van der Waals surface area contributed by atoms with E-state index in [1.165, 1.54) is 16.9 Å². The van der Waals surface area contributed by atoms with E-state index in [2.05, 4.69) is 51.8 Å². The molecule has 1 aromatic carbocycles. The lowest BCUT2D eigenvalue weighted by Crippen LogP contribution is -2.32. The van der Waals surface area contributed by atoms with Crippen LogP contribution in [0.2, 0.25) is 0 Å². The molecule has 3 unspecified atom stereocenters. The van der Waals surface area contributed by atoms with E-state index in [4.69, 9.17) is 0 Å². The van der Waals surface area contributed by atoms with Crippen molar-refractivity contribution in [2.24, 2.45) is 11.8 Å². The van der Waals surface area contributed by atoms with Crippen molar-refractivity contribution in [3.8, 4) is 10.4 Å². The van der Waals surface area contributed by atoms with Gasteiger partial charge in [-0.1, -0.05) is 12.1 Å². The number of fused-ring (bicyclic) bond motifs is 3. The number of hydrogen-bond acceptors (Lipinski definition) is 4. The van der Waals surface area contributed by atoms with Crippen LogP contribution in [0.4, 0.5) is 0 Å². The zero-order chi connectivity index (χ0) is 17.0. The topological polar surface area (TPSA) is 49.0 Å². The van der Waals surface area contributed by atoms with Crippen LogP contribution in [0.25, 0.3) is 21.3 Å². The number of hydrogen-bond donors (Lipinski definition) is 1. The van der Waals surface area contributed by atoms with Crippen LogP contribution in [0, 0.1) is 11.8 Å². The molecular formula is C20H21N3OS. The summed E-state index contributed by atoms with van der Waals surface area (Å²) in [5, 5.41) is 10.4. The van der Waals surface area contributed by atoms with E-state index in [1.807, 2.05) is 6.07 Å². The van der Waals surface area contributed by atoms with Crippen molar-refractivity contribution in [2.75, 3.05) is 13.6 Å². The quantitative estimate of drug-likeness (QED) is 0.717. The minimum Gasteiger partial charge on any atom is -0.303 e. The van der Waals surface area contributed by atoms with Crippen LogP contribution in [0.3, 0.4) is 0 Å². The molecule has 3 aromatic rings. The number of thiophene rings is 1. The maximum absolute atomic E-state index is 12.9. The molecular weight excluding hydrogens is 330 g/mol. The zero-order valence-corrected chi connectivity index (χ0v) is 15.1. The summed E-state index contributed by atoms with van der Waals surface area (Å²) in [6.45, 7) is 1.15. The van der Waals surface area contributed by atoms with E-state index < -0.39 is 0 Å². The second kappa shape index (κ2) is 5.78. The minimum atomic E-state index is 0.190. The number of rotatable bonds is 4. The first kappa shape index (κ1) is 15.3. The van der Waals surface area contributed by atoms with Gasteiger partial charge < -0.3 is 4.90 Å². The molecule has 1 saturated heterocycles. The van der Waals surface area contributed by atoms with Gasteiger partial charge in [0.25, 0.3) is 0 Å². The van der Waals surface area contributed by atoms with Crippen LogP contribution in [-0.4, -0.2) is 40.5 Å². The van der Waals surface area contributed by atoms with Gasteiger partial charge in [0.2, 0.25) is 0 Å². The van der Waals surface area contributed by atoms with Crippen LogP contribution < -0.4 is 0 Å². The van der Waals surface area contributed by atoms with E-state index in [-0.39, 0.29) is 5.78 Å². The third-order valence-corrected chi connectivity index (χ3v) is 6.96. The number of benzene rings is 1. The van der Waals surface area contributed by atoms with E-state index >= 15 is 0 Å². The lowest BCUT2D eigenvalue weighted by molar-refractivity contribution is 0.0927. The van der Waals surface area contributed by atoms with E-state index in [1.54, 1.807) is 11.3 Å². The molecule has 0 amide bonds. The Morgan fingerprint density at radius 3 is 3.00 bits per heavy atom. The van der Waals surface area contributed by atoms with Crippen molar-refractivity contribution in [3.63, 3.8) is 0 Å². The summed E-state index contributed by atoms with van der Waals surface area (Å²) in [5.74, 6) is 1.41. The standard InChI is InChI=1S/C20H21N3OS/c1-23-11-14-8-15(23)7-13(14)10-18(24)20-16-5-4-12(9-17(16)21-22-20)19-3-2-6-25-19/h2-6,9,13-15H,7-8,10-11H2,1H3,(H,21,22). The second-order valence-electron chi connectivity index (χ2n) is 7.52. The maximum Gasteiger partial charge on any atom is 0.183 e. The van der Waals surface area contributed by atoms with Crippen LogP contribution in [0.1, 0.15) is 29.8 Å². The lowest BCUT2D eigenvalue weighted by atomic mass is 9.88. The molecule has 2 fully saturated rings. The molecule has 25 heavy (non-hydrogen) atoms. The summed E-state index contributed by atoms with van der Waals surface area (Å²) in [5.41, 5.74) is 2.73. The van der Waals surface area contributed by atoms with Crippen molar-refractivity contribution in [3.05, 3.63) is 41.4 Å². The Kier molecular flexibility index (Phi) is 3.54. The highest BCUT2D eigenvalue weighted by Crippen LogP contribution is 2.43. The number of likely N-dealkylation sites (tertiary alicyclic amines) is 1. The fraction of sp³-hybridized carbons (Fsp3) is 0.400. The highest BCUT2D eigenvalue weighted by atomic mass is 32.1. The minimum absolute atomic E-state index is 0.190. The molecule has 128 valence electrons. The molecule has 2 aromatic heterocycles. The predicted octanol–water partition coefficient (Wildman–Crippen LogP) is 4.20. The number of aromatic amines is 1. The first-order chi connectivity index (χ1) is 12.2. The van der Waals surface area contributed by atoms with Gasteiger partial charge in [0.1, 0.15) is 5.69 Å². The molecule has 0 radical (unpaired) electrons. The normalized spacial score (nSPS) is 25.9. The van der Waals surface area contributed by atoms with E-state index in [9.17, 15) is 4.79 Å². The molecule has 1 aliphatic carbocycles. The Morgan fingerprint density at radius 1 is 1.36 bits per heavy atom. The summed E-state index contributed by atoms with van der Waals surface area (Å²) in [4.78, 5) is 16.5. The SMILES string of the molecule is CN1CC2CC1CC2CC(=O)c1n[nH]c2cc(-c3cccs3)ccc12. The molecule has 1 aliphatic heterocycles. The average molecular weight is 351 g/mol. The van der Waals surface area contributed by atoms with Crippen molar-refractivity contribution in [1.82, 2.24) is 15.1 Å². The van der Waals surface area contributed by atoms with Gasteiger partial charge in [-0.05, 0) is 60.9 Å². The summed E-state index contributed by atoms with van der Waals surface area (Å²) in [6, 6.07) is 11.1. The Hall–Kier alpha value is -1.98. The Labute approximate surface area is 150 Å². The molecule has 2 aliphatic rings. The van der Waals surface area contributed by atoms with E-state index in [0.29, 0.717) is 30.0 Å². The monoisotopic (exact) mass is 351 g/mol. The fourth-order valence-corrected chi connectivity index (χ4v) is 5.42. The van der Waals surface area contributed by atoms with Gasteiger partial charge in [-0.3, -0.25) is 9.89 Å². The van der Waals surface area contributed by atoms with Crippen molar-refractivity contribution < 1.29 is 4.79 Å². The van der Waals surface area contributed by atoms with Gasteiger partial charge in [-0.15, -0.1) is 11.3 Å². The highest BCUT2D eigenvalue weighted by Gasteiger charge is 2.43. The number of carbonyl (C=O) groups excluding carboxylic acids is 1. The third kappa shape index (κ3) is 2.53. The summed E-state index contributed by atoms with van der Waals surface area (Å²) >= 11 is 1.72. The number of nitrogens with one attached hydrogen (secondary N) is 1. The zero-order valence-electron chi connectivity index (χ0n) is 14.2. The molecule has 1 N–H and O–H groups in total. The average Bonchev–Trinajstić information content (AvgIpc) is 3.37. The molecule has 4 nitrogen and oxygen atoms in total. The summed E-state index contributed by atoms with van der Waals surface area (Å²) in [6.07, 6.45) is 3.07. The third-order valence-electron chi connectivity index (χ3n) is 6.04. The molecule has 5 heteroatoms. The van der Waals surface area contributed by atoms with Crippen molar-refractivity contribution in [2.45, 2.75) is 25.3 Å². The number of piperidine rings is 1. The van der Waals surface area contributed by atoms with E-state index in [0.717, 1.165) is 23.9 Å². The molecule has 2 bridgehead atoms.